The molecule has 0 unspecified atom stereocenters. The number of carbonyl (C=O) groups excluding carboxylic acids is 1. The van der Waals surface area contributed by atoms with Crippen molar-refractivity contribution in [3.63, 3.8) is 0 Å². The van der Waals surface area contributed by atoms with E-state index in [2.05, 4.69) is 15.3 Å². The monoisotopic (exact) mass is 611 g/mol. The maximum Gasteiger partial charge on any atom is 0.345 e. The molecule has 4 aromatic rings. The number of halogens is 2. The van der Waals surface area contributed by atoms with Crippen LogP contribution in [0.2, 0.25) is 10.0 Å². The molecule has 0 radical (unpaired) electrons. The summed E-state index contributed by atoms with van der Waals surface area (Å²) in [4.78, 5) is 31.6. The first kappa shape index (κ1) is 28.8. The molecule has 2 aromatic heterocycles. The number of rotatable bonds is 7. The van der Waals surface area contributed by atoms with Gasteiger partial charge >= 0.3 is 5.69 Å². The molecule has 0 aliphatic carbocycles. The number of β-amino-alcohol motifs (C(OH)–C–C–N with tert-alkyl or cyclic N) is 1. The number of nitrogens with zero attached hydrogens (tertiary/aromatic N) is 5. The maximum atomic E-state index is 12.5. The normalized spacial score (nSPS) is 17.0. The number of hydrogen-bond acceptors (Lipinski definition) is 6. The summed E-state index contributed by atoms with van der Waals surface area (Å²) in [5.41, 5.74) is 9.47. The average Bonchev–Trinajstić information content (AvgIpc) is 3.47. The number of hydrogen-bond donors (Lipinski definition) is 3. The number of likely N-dealkylation sites (tertiary alicyclic amines) is 1. The van der Waals surface area contributed by atoms with Gasteiger partial charge in [-0.2, -0.15) is 5.10 Å². The molecular weight excluding hydrogens is 577 g/mol. The molecule has 2 aliphatic heterocycles. The van der Waals surface area contributed by atoms with Crippen molar-refractivity contribution in [1.82, 2.24) is 29.2 Å². The standard InChI is InChI=1S/C30H35Cl2N7O3/c1-18-13-20(3-5-25(18)32)29-24-17-37(19(2)40)12-9-27(24)38(35-29)16-23(41)15-36-10-7-22(8-11-36)34-39-28-14-21(31)4-6-26(28)33-30(39)42/h3-6,13-14,22-23,34,41H,7-12,15-17H2,1-2H3,(H,33,42)/t23-/m0/s1. The van der Waals surface area contributed by atoms with Gasteiger partial charge in [0.2, 0.25) is 5.91 Å². The quantitative estimate of drug-likeness (QED) is 0.293. The Hall–Kier alpha value is -3.31. The van der Waals surface area contributed by atoms with Gasteiger partial charge in [-0.3, -0.25) is 9.48 Å². The van der Waals surface area contributed by atoms with E-state index in [0.29, 0.717) is 42.6 Å². The molecule has 1 saturated heterocycles. The molecule has 0 spiro atoms. The van der Waals surface area contributed by atoms with Crippen LogP contribution in [0.25, 0.3) is 22.3 Å². The number of fused-ring (bicyclic) bond motifs is 2. The zero-order valence-corrected chi connectivity index (χ0v) is 25.3. The van der Waals surface area contributed by atoms with E-state index in [1.165, 1.54) is 0 Å². The number of piperidine rings is 1. The Morgan fingerprint density at radius 2 is 1.93 bits per heavy atom. The van der Waals surface area contributed by atoms with E-state index in [9.17, 15) is 14.7 Å². The third-order valence-corrected chi connectivity index (χ3v) is 9.07. The number of aliphatic hydroxyl groups excluding tert-OH is 1. The summed E-state index contributed by atoms with van der Waals surface area (Å²) in [5.74, 6) is 0.0444. The van der Waals surface area contributed by atoms with Crippen molar-refractivity contribution in [1.29, 1.82) is 0 Å². The van der Waals surface area contributed by atoms with Crippen molar-refractivity contribution in [2.24, 2.45) is 0 Å². The molecule has 1 atom stereocenters. The number of H-pyrrole nitrogens is 1. The van der Waals surface area contributed by atoms with Crippen LogP contribution in [0.4, 0.5) is 0 Å². The van der Waals surface area contributed by atoms with Crippen LogP contribution in [0.1, 0.15) is 36.6 Å². The van der Waals surface area contributed by atoms with E-state index < -0.39 is 6.10 Å². The molecule has 12 heteroatoms. The minimum absolute atomic E-state index is 0.0444. The van der Waals surface area contributed by atoms with E-state index in [-0.39, 0.29) is 17.6 Å². The number of carbonyl (C=O) groups is 1. The van der Waals surface area contributed by atoms with Gasteiger partial charge in [0, 0.05) is 79.0 Å². The van der Waals surface area contributed by atoms with Crippen LogP contribution in [-0.4, -0.2) is 78.6 Å². The van der Waals surface area contributed by atoms with Crippen LogP contribution in [-0.2, 0) is 24.3 Å². The third kappa shape index (κ3) is 5.81. The number of nitrogens with one attached hydrogen (secondary N) is 2. The number of imidazole rings is 1. The molecule has 10 nitrogen and oxygen atoms in total. The molecule has 2 aliphatic rings. The van der Waals surface area contributed by atoms with Crippen LogP contribution < -0.4 is 11.1 Å². The second-order valence-corrected chi connectivity index (χ2v) is 12.2. The Kier molecular flexibility index (Phi) is 8.06. The Balaban J connectivity index is 1.12. The molecule has 42 heavy (non-hydrogen) atoms. The first-order valence-electron chi connectivity index (χ1n) is 14.3. The minimum atomic E-state index is -0.609. The Morgan fingerprint density at radius 1 is 1.14 bits per heavy atom. The van der Waals surface area contributed by atoms with Crippen molar-refractivity contribution < 1.29 is 9.90 Å². The van der Waals surface area contributed by atoms with Crippen LogP contribution in [0.3, 0.4) is 0 Å². The summed E-state index contributed by atoms with van der Waals surface area (Å²) >= 11 is 12.4. The van der Waals surface area contributed by atoms with Gasteiger partial charge in [-0.1, -0.05) is 29.3 Å². The second kappa shape index (κ2) is 11.8. The molecule has 0 bridgehead atoms. The highest BCUT2D eigenvalue weighted by Gasteiger charge is 2.29. The molecule has 1 amide bonds. The van der Waals surface area contributed by atoms with Gasteiger partial charge in [-0.25, -0.2) is 9.47 Å². The van der Waals surface area contributed by atoms with Gasteiger partial charge in [0.1, 0.15) is 0 Å². The van der Waals surface area contributed by atoms with Crippen LogP contribution in [0, 0.1) is 6.92 Å². The van der Waals surface area contributed by atoms with Gasteiger partial charge in [-0.05, 0) is 55.7 Å². The van der Waals surface area contributed by atoms with Gasteiger partial charge in [0.05, 0.1) is 29.4 Å². The summed E-state index contributed by atoms with van der Waals surface area (Å²) in [6.07, 6.45) is 1.76. The van der Waals surface area contributed by atoms with Crippen molar-refractivity contribution >= 4 is 40.1 Å². The fourth-order valence-electron chi connectivity index (χ4n) is 6.12. The number of aryl methyl sites for hydroxylation is 1. The van der Waals surface area contributed by atoms with E-state index in [1.54, 1.807) is 29.8 Å². The SMILES string of the molecule is CC(=O)N1CCc2c(c(-c3ccc(Cl)c(C)c3)nn2C[C@@H](O)CN2CCC(Nn3c(=O)[nH]c4ccc(Cl)cc43)CC2)C1. The van der Waals surface area contributed by atoms with Crippen molar-refractivity contribution in [2.45, 2.75) is 58.3 Å². The Morgan fingerprint density at radius 3 is 2.67 bits per heavy atom. The van der Waals surface area contributed by atoms with E-state index in [4.69, 9.17) is 28.3 Å². The Bertz CT molecular complexity index is 1690. The highest BCUT2D eigenvalue weighted by molar-refractivity contribution is 6.31. The molecule has 6 rings (SSSR count). The first-order valence-corrected chi connectivity index (χ1v) is 15.1. The lowest BCUT2D eigenvalue weighted by atomic mass is 9.99. The molecule has 0 saturated carbocycles. The zero-order chi connectivity index (χ0) is 29.5. The van der Waals surface area contributed by atoms with Crippen molar-refractivity contribution in [2.75, 3.05) is 31.6 Å². The smallest absolute Gasteiger partial charge is 0.345 e. The third-order valence-electron chi connectivity index (χ3n) is 8.41. The molecule has 1 fully saturated rings. The zero-order valence-electron chi connectivity index (χ0n) is 23.7. The van der Waals surface area contributed by atoms with Crippen molar-refractivity contribution in [3.05, 3.63) is 73.7 Å². The van der Waals surface area contributed by atoms with Gasteiger partial charge in [-0.15, -0.1) is 0 Å². The number of aromatic amines is 1. The van der Waals surface area contributed by atoms with Crippen molar-refractivity contribution in [3.8, 4) is 11.3 Å². The molecule has 2 aromatic carbocycles. The lowest BCUT2D eigenvalue weighted by Crippen LogP contribution is -2.46. The number of benzene rings is 2. The molecule has 222 valence electrons. The van der Waals surface area contributed by atoms with Crippen LogP contribution in [0.15, 0.2) is 41.2 Å². The molecular formula is C30H35Cl2N7O3. The number of aromatic nitrogens is 4. The fourth-order valence-corrected chi connectivity index (χ4v) is 6.41. The average molecular weight is 613 g/mol. The highest BCUT2D eigenvalue weighted by atomic mass is 35.5. The minimum Gasteiger partial charge on any atom is -0.390 e. The fraction of sp³-hybridized carbons (Fsp3) is 0.433. The van der Waals surface area contributed by atoms with Gasteiger partial charge in [0.25, 0.3) is 0 Å². The summed E-state index contributed by atoms with van der Waals surface area (Å²) in [6.45, 7) is 7.20. The number of amides is 1. The molecule has 3 N–H and O–H groups in total. The summed E-state index contributed by atoms with van der Waals surface area (Å²) in [7, 11) is 0. The second-order valence-electron chi connectivity index (χ2n) is 11.4. The topological polar surface area (TPSA) is 111 Å². The van der Waals surface area contributed by atoms with Gasteiger partial charge < -0.3 is 25.3 Å². The predicted octanol–water partition coefficient (Wildman–Crippen LogP) is 3.78. The van der Waals surface area contributed by atoms with E-state index in [1.807, 2.05) is 34.7 Å². The van der Waals surface area contributed by atoms with Gasteiger partial charge in [0.15, 0.2) is 0 Å². The first-order chi connectivity index (χ1) is 20.2. The summed E-state index contributed by atoms with van der Waals surface area (Å²) in [5, 5.41) is 17.4. The maximum absolute atomic E-state index is 12.5. The Labute approximate surface area is 253 Å². The summed E-state index contributed by atoms with van der Waals surface area (Å²) < 4.78 is 3.48. The highest BCUT2D eigenvalue weighted by Crippen LogP contribution is 2.32. The van der Waals surface area contributed by atoms with E-state index in [0.717, 1.165) is 65.0 Å². The van der Waals surface area contributed by atoms with Crippen LogP contribution >= 0.6 is 23.2 Å². The summed E-state index contributed by atoms with van der Waals surface area (Å²) in [6, 6.07) is 11.3. The van der Waals surface area contributed by atoms with E-state index >= 15 is 0 Å². The molecule has 4 heterocycles. The largest absolute Gasteiger partial charge is 0.390 e. The predicted molar refractivity (Wildman–Crippen MR) is 165 cm³/mol. The number of aliphatic hydroxyl groups is 1. The lowest BCUT2D eigenvalue weighted by Gasteiger charge is -2.34. The van der Waals surface area contributed by atoms with Crippen LogP contribution in [0.5, 0.6) is 0 Å². The lowest BCUT2D eigenvalue weighted by molar-refractivity contribution is -0.129.